The maximum Gasteiger partial charge on any atom is 0.433 e. The third-order valence-electron chi connectivity index (χ3n) is 7.31. The van der Waals surface area contributed by atoms with Gasteiger partial charge in [0, 0.05) is 29.4 Å². The number of anilines is 1. The second kappa shape index (κ2) is 12.1. The Morgan fingerprint density at radius 2 is 1.74 bits per heavy atom. The highest BCUT2D eigenvalue weighted by atomic mass is 32.1. The largest absolute Gasteiger partial charge is 0.471 e. The second-order valence-corrected chi connectivity index (χ2v) is 11.2. The number of ether oxygens (including phenoxy) is 1. The van der Waals surface area contributed by atoms with Crippen LogP contribution in [0.4, 0.5) is 18.9 Å². The van der Waals surface area contributed by atoms with E-state index in [0.29, 0.717) is 34.9 Å². The van der Waals surface area contributed by atoms with Gasteiger partial charge in [-0.1, -0.05) is 42.5 Å². The highest BCUT2D eigenvalue weighted by Crippen LogP contribution is 2.44. The number of hydrogen-bond acceptors (Lipinski definition) is 7. The van der Waals surface area contributed by atoms with Crippen LogP contribution in [0.15, 0.2) is 79.1 Å². The van der Waals surface area contributed by atoms with Gasteiger partial charge in [-0.25, -0.2) is 9.67 Å². The number of alkyl halides is 3. The van der Waals surface area contributed by atoms with Gasteiger partial charge < -0.3 is 15.8 Å². The van der Waals surface area contributed by atoms with E-state index in [0.717, 1.165) is 17.2 Å². The molecule has 2 aromatic carbocycles. The monoisotopic (exact) mass is 645 g/mol. The molecule has 14 heteroatoms. The highest BCUT2D eigenvalue weighted by Gasteiger charge is 2.35. The predicted molar refractivity (Wildman–Crippen MR) is 167 cm³/mol. The Morgan fingerprint density at radius 1 is 1.02 bits per heavy atom. The number of thiophene rings is 1. The smallest absolute Gasteiger partial charge is 0.433 e. The Balaban J connectivity index is 1.28. The lowest BCUT2D eigenvalue weighted by molar-refractivity contribution is -0.140. The summed E-state index contributed by atoms with van der Waals surface area (Å²) in [7, 11) is 0. The van der Waals surface area contributed by atoms with Gasteiger partial charge >= 0.3 is 6.18 Å². The first-order valence-electron chi connectivity index (χ1n) is 14.0. The Morgan fingerprint density at radius 3 is 2.39 bits per heavy atom. The van der Waals surface area contributed by atoms with Gasteiger partial charge in [-0.15, -0.1) is 11.3 Å². The predicted octanol–water partition coefficient (Wildman–Crippen LogP) is 6.76. The number of fused-ring (bicyclic) bond motifs is 1. The number of carbonyl (C=O) groups is 2. The number of nitrogens with one attached hydrogen (secondary N) is 1. The van der Waals surface area contributed by atoms with Gasteiger partial charge in [-0.2, -0.15) is 23.4 Å². The molecule has 10 nitrogen and oxygen atoms in total. The van der Waals surface area contributed by atoms with E-state index in [1.807, 2.05) is 61.5 Å². The fourth-order valence-electron chi connectivity index (χ4n) is 5.03. The van der Waals surface area contributed by atoms with Crippen LogP contribution in [0.3, 0.4) is 0 Å². The van der Waals surface area contributed by atoms with Gasteiger partial charge in [0.05, 0.1) is 11.9 Å². The number of amides is 2. The summed E-state index contributed by atoms with van der Waals surface area (Å²) >= 11 is 0.664. The number of nitrogens with zero attached hydrogens (tertiary/aromatic N) is 5. The molecule has 6 rings (SSSR count). The Kier molecular flexibility index (Phi) is 8.04. The first kappa shape index (κ1) is 30.5. The van der Waals surface area contributed by atoms with E-state index < -0.39 is 23.7 Å². The summed E-state index contributed by atoms with van der Waals surface area (Å²) in [4.78, 5) is 29.4. The molecule has 4 heterocycles. The summed E-state index contributed by atoms with van der Waals surface area (Å²) in [5.41, 5.74) is 7.59. The molecule has 2 amide bonds. The molecule has 46 heavy (non-hydrogen) atoms. The van der Waals surface area contributed by atoms with Crippen molar-refractivity contribution >= 4 is 39.1 Å². The van der Waals surface area contributed by atoms with Crippen molar-refractivity contribution in [2.24, 2.45) is 5.73 Å². The lowest BCUT2D eigenvalue weighted by Crippen LogP contribution is -2.18. The lowest BCUT2D eigenvalue weighted by atomic mass is 10.0. The molecule has 0 fully saturated rings. The molecular formula is C32H26F3N7O3S. The number of halogens is 3. The van der Waals surface area contributed by atoms with Crippen molar-refractivity contribution in [3.8, 4) is 28.0 Å². The normalized spacial score (nSPS) is 11.6. The Labute approximate surface area is 264 Å². The van der Waals surface area contributed by atoms with E-state index in [9.17, 15) is 22.8 Å². The lowest BCUT2D eigenvalue weighted by Gasteiger charge is -2.12. The molecule has 0 atom stereocenters. The topological polar surface area (TPSA) is 130 Å². The van der Waals surface area contributed by atoms with Crippen molar-refractivity contribution in [2.75, 3.05) is 5.32 Å². The van der Waals surface area contributed by atoms with Crippen molar-refractivity contribution in [3.63, 3.8) is 0 Å². The zero-order chi connectivity index (χ0) is 32.6. The molecule has 3 N–H and O–H groups in total. The number of primary amides is 1. The molecular weight excluding hydrogens is 619 g/mol. The summed E-state index contributed by atoms with van der Waals surface area (Å²) in [6, 6.07) is 19.8. The average Bonchev–Trinajstić information content (AvgIpc) is 3.77. The molecule has 0 saturated heterocycles. The number of hydrogen-bond donors (Lipinski definition) is 2. The number of carbonyl (C=O) groups excluding carboxylic acids is 2. The molecule has 0 aliphatic rings. The fraction of sp³-hybridized carbons (Fsp3) is 0.156. The molecule has 6 aromatic rings. The molecule has 0 unspecified atom stereocenters. The van der Waals surface area contributed by atoms with Crippen LogP contribution in [0.5, 0.6) is 5.75 Å². The third kappa shape index (κ3) is 5.94. The third-order valence-corrected chi connectivity index (χ3v) is 8.40. The van der Waals surface area contributed by atoms with Crippen LogP contribution in [0, 0.1) is 6.92 Å². The van der Waals surface area contributed by atoms with Crippen LogP contribution >= 0.6 is 11.3 Å². The summed E-state index contributed by atoms with van der Waals surface area (Å²) < 4.78 is 50.5. The van der Waals surface area contributed by atoms with E-state index in [1.54, 1.807) is 17.8 Å². The first-order valence-corrected chi connectivity index (χ1v) is 14.9. The second-order valence-electron chi connectivity index (χ2n) is 10.2. The van der Waals surface area contributed by atoms with Crippen LogP contribution in [-0.4, -0.2) is 36.4 Å². The van der Waals surface area contributed by atoms with Crippen molar-refractivity contribution < 1.29 is 27.5 Å². The molecule has 0 bridgehead atoms. The van der Waals surface area contributed by atoms with Crippen molar-refractivity contribution in [3.05, 3.63) is 101 Å². The average molecular weight is 646 g/mol. The Hall–Kier alpha value is -5.50. The van der Waals surface area contributed by atoms with Gasteiger partial charge in [0.25, 0.3) is 11.8 Å². The molecule has 4 aromatic heterocycles. The van der Waals surface area contributed by atoms with Crippen LogP contribution in [0.1, 0.15) is 38.5 Å². The van der Waals surface area contributed by atoms with Crippen molar-refractivity contribution in [1.29, 1.82) is 0 Å². The quantitative estimate of drug-likeness (QED) is 0.179. The number of pyridine rings is 1. The first-order chi connectivity index (χ1) is 22.0. The zero-order valence-electron chi connectivity index (χ0n) is 24.5. The SMILES string of the molecule is CCn1ncc(-c2cc(C(F)(F)F)nc3sc(C(N)=O)c(NC(=O)c4ccn(COc5ccc(-c6ccccc6)cc5)n4)c23)c1C. The van der Waals surface area contributed by atoms with Crippen LogP contribution in [0.25, 0.3) is 32.5 Å². The van der Waals surface area contributed by atoms with E-state index in [-0.39, 0.29) is 38.8 Å². The van der Waals surface area contributed by atoms with E-state index >= 15 is 0 Å². The van der Waals surface area contributed by atoms with Gasteiger partial charge in [0.2, 0.25) is 0 Å². The zero-order valence-corrected chi connectivity index (χ0v) is 25.3. The summed E-state index contributed by atoms with van der Waals surface area (Å²) in [6.07, 6.45) is -1.78. The molecule has 0 aliphatic heterocycles. The van der Waals surface area contributed by atoms with Gasteiger partial charge in [0.15, 0.2) is 12.4 Å². The fourth-order valence-corrected chi connectivity index (χ4v) is 6.03. The number of benzene rings is 2. The summed E-state index contributed by atoms with van der Waals surface area (Å²) in [6.45, 7) is 4.05. The molecule has 0 saturated carbocycles. The molecule has 0 radical (unpaired) electrons. The standard InChI is InChI=1S/C32H26F3N7O3S/c1-3-42-18(2)23(16-37-42)22-15-25(32(33,34)35)38-31-26(22)27(28(46-31)29(36)43)39-30(44)24-13-14-41(40-24)17-45-21-11-9-20(10-12-21)19-7-5-4-6-8-19/h4-16H,3,17H2,1-2H3,(H2,36,43)(H,39,44). The summed E-state index contributed by atoms with van der Waals surface area (Å²) in [5, 5.41) is 11.3. The minimum absolute atomic E-state index is 0.000857. The minimum Gasteiger partial charge on any atom is -0.471 e. The number of aryl methyl sites for hydroxylation is 1. The number of nitrogens with two attached hydrogens (primary N) is 1. The van der Waals surface area contributed by atoms with E-state index in [4.69, 9.17) is 10.5 Å². The van der Waals surface area contributed by atoms with Crippen molar-refractivity contribution in [2.45, 2.75) is 33.3 Å². The Bertz CT molecular complexity index is 2070. The van der Waals surface area contributed by atoms with Gasteiger partial charge in [-0.05, 0) is 54.8 Å². The van der Waals surface area contributed by atoms with Crippen molar-refractivity contribution in [1.82, 2.24) is 24.5 Å². The summed E-state index contributed by atoms with van der Waals surface area (Å²) in [5.74, 6) is -1.05. The maximum absolute atomic E-state index is 13.9. The highest BCUT2D eigenvalue weighted by molar-refractivity contribution is 7.21. The number of aromatic nitrogens is 5. The molecule has 0 spiro atoms. The number of rotatable bonds is 9. The maximum atomic E-state index is 13.9. The van der Waals surface area contributed by atoms with E-state index in [2.05, 4.69) is 20.5 Å². The van der Waals surface area contributed by atoms with Crippen LogP contribution < -0.4 is 15.8 Å². The van der Waals surface area contributed by atoms with Gasteiger partial charge in [-0.3, -0.25) is 14.3 Å². The van der Waals surface area contributed by atoms with Crippen LogP contribution in [-0.2, 0) is 19.5 Å². The molecule has 234 valence electrons. The van der Waals surface area contributed by atoms with E-state index in [1.165, 1.54) is 16.9 Å². The van der Waals surface area contributed by atoms with Gasteiger partial charge in [0.1, 0.15) is 21.2 Å². The molecule has 0 aliphatic carbocycles. The minimum atomic E-state index is -4.77. The van der Waals surface area contributed by atoms with Crippen LogP contribution in [0.2, 0.25) is 0 Å².